The molecule has 2 heterocycles. The first-order valence-electron chi connectivity index (χ1n) is 8.46. The molecule has 1 aliphatic rings. The SMILES string of the molecule is CC1CC(=O)Nc2cccc(C(=O)Nc3nccc4ccccc34)c2N1. The Hall–Kier alpha value is -3.41. The van der Waals surface area contributed by atoms with Crippen molar-refractivity contribution in [3.05, 3.63) is 60.3 Å². The van der Waals surface area contributed by atoms with Gasteiger partial charge in [-0.05, 0) is 30.5 Å². The van der Waals surface area contributed by atoms with Crippen molar-refractivity contribution >= 4 is 39.8 Å². The molecule has 3 aromatic rings. The van der Waals surface area contributed by atoms with Gasteiger partial charge < -0.3 is 16.0 Å². The molecule has 3 N–H and O–H groups in total. The van der Waals surface area contributed by atoms with E-state index in [4.69, 9.17) is 0 Å². The Morgan fingerprint density at radius 1 is 1.15 bits per heavy atom. The minimum atomic E-state index is -0.276. The third-order valence-electron chi connectivity index (χ3n) is 4.37. The van der Waals surface area contributed by atoms with Crippen molar-refractivity contribution in [1.82, 2.24) is 4.98 Å². The number of pyridine rings is 1. The molecule has 1 atom stereocenters. The number of anilines is 3. The number of nitrogens with one attached hydrogen (secondary N) is 3. The predicted octanol–water partition coefficient (Wildman–Crippen LogP) is 3.63. The number of hydrogen-bond acceptors (Lipinski definition) is 4. The third-order valence-corrected chi connectivity index (χ3v) is 4.37. The van der Waals surface area contributed by atoms with Gasteiger partial charge in [0.15, 0.2) is 0 Å². The maximum absolute atomic E-state index is 12.9. The van der Waals surface area contributed by atoms with Crippen LogP contribution < -0.4 is 16.0 Å². The van der Waals surface area contributed by atoms with Crippen molar-refractivity contribution in [3.63, 3.8) is 0 Å². The third kappa shape index (κ3) is 2.97. The van der Waals surface area contributed by atoms with E-state index in [2.05, 4.69) is 20.9 Å². The van der Waals surface area contributed by atoms with Gasteiger partial charge in [-0.1, -0.05) is 30.3 Å². The molecule has 1 aliphatic heterocycles. The zero-order chi connectivity index (χ0) is 18.1. The van der Waals surface area contributed by atoms with Crippen molar-refractivity contribution in [2.75, 3.05) is 16.0 Å². The summed E-state index contributed by atoms with van der Waals surface area (Å²) in [4.78, 5) is 29.1. The Morgan fingerprint density at radius 2 is 2.00 bits per heavy atom. The van der Waals surface area contributed by atoms with E-state index in [0.717, 1.165) is 10.8 Å². The molecule has 1 aromatic heterocycles. The van der Waals surface area contributed by atoms with Crippen molar-refractivity contribution < 1.29 is 9.59 Å². The molecule has 0 radical (unpaired) electrons. The average Bonchev–Trinajstić information content (AvgIpc) is 2.78. The van der Waals surface area contributed by atoms with Gasteiger partial charge in [0, 0.05) is 24.0 Å². The van der Waals surface area contributed by atoms with Gasteiger partial charge in [0.2, 0.25) is 5.91 Å². The predicted molar refractivity (Wildman–Crippen MR) is 102 cm³/mol. The smallest absolute Gasteiger partial charge is 0.259 e. The maximum atomic E-state index is 12.9. The van der Waals surface area contributed by atoms with E-state index in [1.54, 1.807) is 24.4 Å². The lowest BCUT2D eigenvalue weighted by Crippen LogP contribution is -2.20. The molecule has 0 fully saturated rings. The number of rotatable bonds is 2. The lowest BCUT2D eigenvalue weighted by atomic mass is 10.1. The average molecular weight is 346 g/mol. The van der Waals surface area contributed by atoms with Crippen LogP contribution in [0.2, 0.25) is 0 Å². The molecule has 6 nitrogen and oxygen atoms in total. The van der Waals surface area contributed by atoms with E-state index in [9.17, 15) is 9.59 Å². The summed E-state index contributed by atoms with van der Waals surface area (Å²) in [6, 6.07) is 14.8. The van der Waals surface area contributed by atoms with Crippen LogP contribution in [0.1, 0.15) is 23.7 Å². The van der Waals surface area contributed by atoms with Gasteiger partial charge in [-0.3, -0.25) is 9.59 Å². The summed E-state index contributed by atoms with van der Waals surface area (Å²) in [5, 5.41) is 10.9. The highest BCUT2D eigenvalue weighted by Crippen LogP contribution is 2.31. The van der Waals surface area contributed by atoms with Crippen LogP contribution in [0.3, 0.4) is 0 Å². The van der Waals surface area contributed by atoms with Crippen molar-refractivity contribution in [2.24, 2.45) is 0 Å². The highest BCUT2D eigenvalue weighted by atomic mass is 16.2. The van der Waals surface area contributed by atoms with Gasteiger partial charge in [-0.15, -0.1) is 0 Å². The van der Waals surface area contributed by atoms with E-state index in [-0.39, 0.29) is 17.9 Å². The first-order valence-corrected chi connectivity index (χ1v) is 8.46. The topological polar surface area (TPSA) is 83.1 Å². The van der Waals surface area contributed by atoms with Gasteiger partial charge in [0.25, 0.3) is 5.91 Å². The number of carbonyl (C=O) groups is 2. The number of nitrogens with zero attached hydrogens (tertiary/aromatic N) is 1. The van der Waals surface area contributed by atoms with Crippen LogP contribution >= 0.6 is 0 Å². The summed E-state index contributed by atoms with van der Waals surface area (Å²) in [5.74, 6) is 0.162. The first kappa shape index (κ1) is 16.1. The minimum absolute atomic E-state index is 0.0686. The van der Waals surface area contributed by atoms with Crippen LogP contribution in [-0.4, -0.2) is 22.8 Å². The fourth-order valence-corrected chi connectivity index (χ4v) is 3.17. The van der Waals surface area contributed by atoms with Crippen LogP contribution in [0.4, 0.5) is 17.2 Å². The number of aromatic nitrogens is 1. The molecule has 26 heavy (non-hydrogen) atoms. The van der Waals surface area contributed by atoms with E-state index in [1.807, 2.05) is 37.3 Å². The molecule has 6 heteroatoms. The van der Waals surface area contributed by atoms with Gasteiger partial charge in [0.05, 0.1) is 16.9 Å². The van der Waals surface area contributed by atoms with Gasteiger partial charge in [-0.2, -0.15) is 0 Å². The first-order chi connectivity index (χ1) is 12.6. The summed E-state index contributed by atoms with van der Waals surface area (Å²) in [7, 11) is 0. The van der Waals surface area contributed by atoms with Crippen LogP contribution in [0.25, 0.3) is 10.8 Å². The molecule has 0 saturated carbocycles. The number of amides is 2. The molecule has 130 valence electrons. The summed E-state index contributed by atoms with van der Waals surface area (Å²) < 4.78 is 0. The highest BCUT2D eigenvalue weighted by Gasteiger charge is 2.22. The maximum Gasteiger partial charge on any atom is 0.259 e. The van der Waals surface area contributed by atoms with Gasteiger partial charge >= 0.3 is 0 Å². The minimum Gasteiger partial charge on any atom is -0.380 e. The second-order valence-electron chi connectivity index (χ2n) is 6.36. The summed E-state index contributed by atoms with van der Waals surface area (Å²) in [6.07, 6.45) is 2.02. The Balaban J connectivity index is 1.71. The van der Waals surface area contributed by atoms with Crippen molar-refractivity contribution in [3.8, 4) is 0 Å². The zero-order valence-electron chi connectivity index (χ0n) is 14.2. The molecule has 0 spiro atoms. The Morgan fingerprint density at radius 3 is 2.88 bits per heavy atom. The second kappa shape index (κ2) is 6.48. The zero-order valence-corrected chi connectivity index (χ0v) is 14.2. The number of fused-ring (bicyclic) bond motifs is 2. The molecule has 0 aliphatic carbocycles. The molecule has 4 rings (SSSR count). The van der Waals surface area contributed by atoms with Crippen molar-refractivity contribution in [2.45, 2.75) is 19.4 Å². The summed E-state index contributed by atoms with van der Waals surface area (Å²) in [6.45, 7) is 1.91. The molecule has 1 unspecified atom stereocenters. The summed E-state index contributed by atoms with van der Waals surface area (Å²) >= 11 is 0. The Bertz CT molecular complexity index is 1010. The van der Waals surface area contributed by atoms with Crippen molar-refractivity contribution in [1.29, 1.82) is 0 Å². The van der Waals surface area contributed by atoms with E-state index in [0.29, 0.717) is 29.2 Å². The van der Waals surface area contributed by atoms with E-state index >= 15 is 0 Å². The normalized spacial score (nSPS) is 16.2. The van der Waals surface area contributed by atoms with E-state index < -0.39 is 0 Å². The monoisotopic (exact) mass is 346 g/mol. The van der Waals surface area contributed by atoms with Crippen LogP contribution in [0, 0.1) is 0 Å². The van der Waals surface area contributed by atoms with Gasteiger partial charge in [-0.25, -0.2) is 4.98 Å². The van der Waals surface area contributed by atoms with E-state index in [1.165, 1.54) is 0 Å². The number of carbonyl (C=O) groups excluding carboxylic acids is 2. The Labute approximate surface area is 150 Å². The largest absolute Gasteiger partial charge is 0.380 e. The molecule has 2 amide bonds. The molecule has 0 bridgehead atoms. The lowest BCUT2D eigenvalue weighted by molar-refractivity contribution is -0.116. The molecule has 0 saturated heterocycles. The fraction of sp³-hybridized carbons (Fsp3) is 0.150. The summed E-state index contributed by atoms with van der Waals surface area (Å²) in [5.41, 5.74) is 1.70. The standard InChI is InChI=1S/C20H18N4O2/c1-12-11-17(25)23-16-8-4-7-15(18(16)22-12)20(26)24-19-14-6-3-2-5-13(14)9-10-21-19/h2-10,12,22H,11H2,1H3,(H,23,25)(H,21,24,26). The number of benzene rings is 2. The molecular weight excluding hydrogens is 328 g/mol. The number of para-hydroxylation sites is 1. The molecule has 2 aromatic carbocycles. The van der Waals surface area contributed by atoms with Crippen LogP contribution in [0.15, 0.2) is 54.7 Å². The fourth-order valence-electron chi connectivity index (χ4n) is 3.17. The lowest BCUT2D eigenvalue weighted by Gasteiger charge is -2.16. The quantitative estimate of drug-likeness (QED) is 0.662. The molecular formula is C20H18N4O2. The highest BCUT2D eigenvalue weighted by molar-refractivity contribution is 6.13. The van der Waals surface area contributed by atoms with Gasteiger partial charge in [0.1, 0.15) is 5.82 Å². The Kier molecular flexibility index (Phi) is 4.01. The van der Waals surface area contributed by atoms with Crippen LogP contribution in [0.5, 0.6) is 0 Å². The van der Waals surface area contributed by atoms with Crippen LogP contribution in [-0.2, 0) is 4.79 Å². The number of hydrogen-bond donors (Lipinski definition) is 3. The second-order valence-corrected chi connectivity index (χ2v) is 6.36.